The SMILES string of the molecule is COC(=O)c1ccc(N)cc1C(=O)c1ccc(N(C)C)cc1O. The van der Waals surface area contributed by atoms with E-state index in [2.05, 4.69) is 4.74 Å². The molecule has 2 aromatic rings. The van der Waals surface area contributed by atoms with Crippen LogP contribution in [0.25, 0.3) is 0 Å². The van der Waals surface area contributed by atoms with Gasteiger partial charge in [-0.1, -0.05) is 0 Å². The van der Waals surface area contributed by atoms with Crippen molar-refractivity contribution in [1.82, 2.24) is 0 Å². The maximum Gasteiger partial charge on any atom is 0.338 e. The monoisotopic (exact) mass is 314 g/mol. The molecule has 0 saturated heterocycles. The number of esters is 1. The molecule has 120 valence electrons. The zero-order valence-corrected chi connectivity index (χ0v) is 13.2. The van der Waals surface area contributed by atoms with E-state index < -0.39 is 11.8 Å². The largest absolute Gasteiger partial charge is 0.507 e. The number of nitrogen functional groups attached to an aromatic ring is 1. The highest BCUT2D eigenvalue weighted by Gasteiger charge is 2.21. The summed E-state index contributed by atoms with van der Waals surface area (Å²) in [5.41, 5.74) is 7.08. The first-order valence-corrected chi connectivity index (χ1v) is 6.88. The molecule has 0 radical (unpaired) electrons. The lowest BCUT2D eigenvalue weighted by Crippen LogP contribution is -2.13. The third-order valence-corrected chi connectivity index (χ3v) is 3.44. The van der Waals surface area contributed by atoms with Crippen LogP contribution in [-0.2, 0) is 4.74 Å². The molecule has 0 amide bonds. The van der Waals surface area contributed by atoms with Gasteiger partial charge >= 0.3 is 5.97 Å². The summed E-state index contributed by atoms with van der Waals surface area (Å²) in [5.74, 6) is -1.31. The van der Waals surface area contributed by atoms with Gasteiger partial charge in [-0.25, -0.2) is 4.79 Å². The molecule has 0 aliphatic heterocycles. The Labute approximate surface area is 134 Å². The lowest BCUT2D eigenvalue weighted by molar-refractivity contribution is 0.0597. The van der Waals surface area contributed by atoms with Crippen molar-refractivity contribution in [2.75, 3.05) is 31.8 Å². The minimum Gasteiger partial charge on any atom is -0.507 e. The van der Waals surface area contributed by atoms with Crippen molar-refractivity contribution in [3.05, 3.63) is 53.1 Å². The Hall–Kier alpha value is -3.02. The first-order valence-electron chi connectivity index (χ1n) is 6.88. The van der Waals surface area contributed by atoms with Crippen molar-refractivity contribution < 1.29 is 19.4 Å². The second kappa shape index (κ2) is 6.39. The van der Waals surface area contributed by atoms with Gasteiger partial charge in [-0.05, 0) is 30.3 Å². The number of anilines is 2. The van der Waals surface area contributed by atoms with Crippen molar-refractivity contribution in [3.8, 4) is 5.75 Å². The minimum atomic E-state index is -0.641. The smallest absolute Gasteiger partial charge is 0.338 e. The van der Waals surface area contributed by atoms with E-state index in [1.807, 2.05) is 14.1 Å². The summed E-state index contributed by atoms with van der Waals surface area (Å²) in [6, 6.07) is 9.04. The van der Waals surface area contributed by atoms with E-state index in [1.165, 1.54) is 37.4 Å². The fourth-order valence-corrected chi connectivity index (χ4v) is 2.17. The van der Waals surface area contributed by atoms with Gasteiger partial charge in [0.1, 0.15) is 5.75 Å². The fourth-order valence-electron chi connectivity index (χ4n) is 2.17. The molecule has 0 bridgehead atoms. The van der Waals surface area contributed by atoms with Gasteiger partial charge in [-0.3, -0.25) is 4.79 Å². The normalized spacial score (nSPS) is 10.2. The number of carbonyl (C=O) groups excluding carboxylic acids is 2. The van der Waals surface area contributed by atoms with Gasteiger partial charge in [0.05, 0.1) is 18.2 Å². The Kier molecular flexibility index (Phi) is 4.55. The minimum absolute atomic E-state index is 0.0877. The molecule has 0 aliphatic carbocycles. The Morgan fingerprint density at radius 3 is 2.26 bits per heavy atom. The van der Waals surface area contributed by atoms with Crippen LogP contribution < -0.4 is 10.6 Å². The molecule has 0 heterocycles. The summed E-state index contributed by atoms with van der Waals surface area (Å²) in [6.07, 6.45) is 0. The lowest BCUT2D eigenvalue weighted by atomic mass is 9.96. The lowest BCUT2D eigenvalue weighted by Gasteiger charge is -2.14. The summed E-state index contributed by atoms with van der Waals surface area (Å²) in [6.45, 7) is 0. The number of nitrogens with zero attached hydrogens (tertiary/aromatic N) is 1. The zero-order valence-electron chi connectivity index (χ0n) is 13.2. The standard InChI is InChI=1S/C17H18N2O4/c1-19(2)11-5-7-13(15(20)9-11)16(21)14-8-10(18)4-6-12(14)17(22)23-3/h4-9,20H,18H2,1-3H3. The van der Waals surface area contributed by atoms with E-state index in [0.29, 0.717) is 5.69 Å². The first-order chi connectivity index (χ1) is 10.8. The predicted octanol–water partition coefficient (Wildman–Crippen LogP) is 2.06. The Balaban J connectivity index is 2.53. The third-order valence-electron chi connectivity index (χ3n) is 3.44. The van der Waals surface area contributed by atoms with E-state index in [9.17, 15) is 14.7 Å². The number of phenolic OH excluding ortho intramolecular Hbond substituents is 1. The molecule has 23 heavy (non-hydrogen) atoms. The number of hydrogen-bond donors (Lipinski definition) is 2. The van der Waals surface area contributed by atoms with Crippen molar-refractivity contribution in [2.45, 2.75) is 0 Å². The van der Waals surface area contributed by atoms with Crippen LogP contribution in [0.3, 0.4) is 0 Å². The number of carbonyl (C=O) groups is 2. The zero-order chi connectivity index (χ0) is 17.1. The maximum atomic E-state index is 12.7. The fraction of sp³-hybridized carbons (Fsp3) is 0.176. The molecule has 3 N–H and O–H groups in total. The molecule has 0 spiro atoms. The summed E-state index contributed by atoms with van der Waals surface area (Å²) >= 11 is 0. The molecule has 2 aromatic carbocycles. The highest BCUT2D eigenvalue weighted by atomic mass is 16.5. The average molecular weight is 314 g/mol. The number of rotatable bonds is 4. The van der Waals surface area contributed by atoms with Crippen LogP contribution in [0.5, 0.6) is 5.75 Å². The highest BCUT2D eigenvalue weighted by Crippen LogP contribution is 2.27. The van der Waals surface area contributed by atoms with Gasteiger partial charge in [-0.2, -0.15) is 0 Å². The average Bonchev–Trinajstić information content (AvgIpc) is 2.53. The van der Waals surface area contributed by atoms with Gasteiger partial charge in [0.2, 0.25) is 0 Å². The number of hydrogen-bond acceptors (Lipinski definition) is 6. The maximum absolute atomic E-state index is 12.7. The number of benzene rings is 2. The van der Waals surface area contributed by atoms with Crippen LogP contribution >= 0.6 is 0 Å². The molecule has 0 aliphatic rings. The van der Waals surface area contributed by atoms with Crippen LogP contribution in [-0.4, -0.2) is 38.1 Å². The number of ether oxygens (including phenoxy) is 1. The van der Waals surface area contributed by atoms with Gasteiger partial charge < -0.3 is 20.5 Å². The first kappa shape index (κ1) is 16.4. The van der Waals surface area contributed by atoms with Crippen LogP contribution in [0.2, 0.25) is 0 Å². The van der Waals surface area contributed by atoms with E-state index in [1.54, 1.807) is 11.0 Å². The highest BCUT2D eigenvalue weighted by molar-refractivity contribution is 6.16. The van der Waals surface area contributed by atoms with E-state index in [4.69, 9.17) is 5.73 Å². The second-order valence-corrected chi connectivity index (χ2v) is 5.22. The van der Waals surface area contributed by atoms with Crippen LogP contribution in [0.4, 0.5) is 11.4 Å². The van der Waals surface area contributed by atoms with E-state index >= 15 is 0 Å². The summed E-state index contributed by atoms with van der Waals surface area (Å²) in [4.78, 5) is 26.3. The van der Waals surface area contributed by atoms with Crippen molar-refractivity contribution in [3.63, 3.8) is 0 Å². The van der Waals surface area contributed by atoms with Crippen molar-refractivity contribution in [2.24, 2.45) is 0 Å². The molecule has 0 unspecified atom stereocenters. The molecule has 2 rings (SSSR count). The molecular weight excluding hydrogens is 296 g/mol. The number of nitrogens with two attached hydrogens (primary N) is 1. The number of methoxy groups -OCH3 is 1. The van der Waals surface area contributed by atoms with Gasteiger partial charge in [0, 0.05) is 37.1 Å². The summed E-state index contributed by atoms with van der Waals surface area (Å²) in [5, 5.41) is 10.1. The molecular formula is C17H18N2O4. The number of aromatic hydroxyl groups is 1. The molecule has 0 saturated carbocycles. The number of ketones is 1. The molecule has 0 atom stereocenters. The molecule has 6 heteroatoms. The molecule has 6 nitrogen and oxygen atoms in total. The Morgan fingerprint density at radius 1 is 1.04 bits per heavy atom. The van der Waals surface area contributed by atoms with Crippen LogP contribution in [0.15, 0.2) is 36.4 Å². The molecule has 0 fully saturated rings. The summed E-state index contributed by atoms with van der Waals surface area (Å²) in [7, 11) is 4.88. The predicted molar refractivity (Wildman–Crippen MR) is 88.1 cm³/mol. The second-order valence-electron chi connectivity index (χ2n) is 5.22. The molecule has 0 aromatic heterocycles. The van der Waals surface area contributed by atoms with Gasteiger partial charge in [0.15, 0.2) is 5.78 Å². The van der Waals surface area contributed by atoms with Crippen molar-refractivity contribution in [1.29, 1.82) is 0 Å². The topological polar surface area (TPSA) is 92.9 Å². The van der Waals surface area contributed by atoms with Gasteiger partial charge in [-0.15, -0.1) is 0 Å². The Morgan fingerprint density at radius 2 is 1.70 bits per heavy atom. The van der Waals surface area contributed by atoms with E-state index in [-0.39, 0.29) is 22.4 Å². The third kappa shape index (κ3) is 3.26. The Bertz CT molecular complexity index is 769. The quantitative estimate of drug-likeness (QED) is 0.510. The van der Waals surface area contributed by atoms with Crippen LogP contribution in [0.1, 0.15) is 26.3 Å². The van der Waals surface area contributed by atoms with Crippen LogP contribution in [0, 0.1) is 0 Å². The van der Waals surface area contributed by atoms with Gasteiger partial charge in [0.25, 0.3) is 0 Å². The summed E-state index contributed by atoms with van der Waals surface area (Å²) < 4.78 is 4.68. The van der Waals surface area contributed by atoms with Crippen molar-refractivity contribution >= 4 is 23.1 Å². The van der Waals surface area contributed by atoms with E-state index in [0.717, 1.165) is 5.69 Å². The number of phenols is 1.